The average Bonchev–Trinajstić information content (AvgIpc) is 3.12. The van der Waals surface area contributed by atoms with Crippen LogP contribution in [0.2, 0.25) is 0 Å². The first-order chi connectivity index (χ1) is 10.4. The molecule has 2 saturated carbocycles. The number of fused-ring (bicyclic) bond motifs is 2. The maximum Gasteiger partial charge on any atom is 0.235 e. The molecule has 2 aliphatic rings. The molecule has 1 aromatic heterocycles. The highest BCUT2D eigenvalue weighted by atomic mass is 32.2. The van der Waals surface area contributed by atoms with Crippen LogP contribution >= 0.6 is 0 Å². The van der Waals surface area contributed by atoms with E-state index >= 15 is 0 Å². The van der Waals surface area contributed by atoms with Gasteiger partial charge in [0.15, 0.2) is 0 Å². The van der Waals surface area contributed by atoms with Gasteiger partial charge in [0.2, 0.25) is 20.9 Å². The Balaban J connectivity index is 1.59. The van der Waals surface area contributed by atoms with E-state index in [1.54, 1.807) is 13.2 Å². The van der Waals surface area contributed by atoms with Crippen LogP contribution < -0.4 is 5.32 Å². The summed E-state index contributed by atoms with van der Waals surface area (Å²) in [6.45, 7) is 2.00. The van der Waals surface area contributed by atoms with Gasteiger partial charge in [-0.05, 0) is 43.9 Å². The van der Waals surface area contributed by atoms with E-state index in [2.05, 4.69) is 10.3 Å². The number of sulfone groups is 1. The molecule has 0 aromatic carbocycles. The number of carbonyl (C=O) groups is 1. The summed E-state index contributed by atoms with van der Waals surface area (Å²) in [5, 5.41) is 2.83. The second-order valence-corrected chi connectivity index (χ2v) is 8.66. The predicted octanol–water partition coefficient (Wildman–Crippen LogP) is 1.13. The third-order valence-corrected chi connectivity index (χ3v) is 6.79. The van der Waals surface area contributed by atoms with Gasteiger partial charge in [0.25, 0.3) is 0 Å². The zero-order valence-electron chi connectivity index (χ0n) is 13.0. The Morgan fingerprint density at radius 2 is 2.23 bits per heavy atom. The fraction of sp³-hybridized carbons (Fsp3) is 0.733. The number of carbonyl (C=O) groups excluding carboxylic acids is 1. The Labute approximate surface area is 131 Å². The Bertz CT molecular complexity index is 667. The zero-order chi connectivity index (χ0) is 15.9. The van der Waals surface area contributed by atoms with Crippen molar-refractivity contribution in [3.05, 3.63) is 12.4 Å². The van der Waals surface area contributed by atoms with Crippen molar-refractivity contribution in [3.8, 4) is 0 Å². The second-order valence-electron chi connectivity index (χ2n) is 6.77. The van der Waals surface area contributed by atoms with Crippen LogP contribution in [0.3, 0.4) is 0 Å². The lowest BCUT2D eigenvalue weighted by Gasteiger charge is -2.28. The molecule has 0 saturated heterocycles. The molecule has 122 valence electrons. The van der Waals surface area contributed by atoms with E-state index in [1.807, 2.05) is 6.92 Å². The van der Waals surface area contributed by atoms with E-state index in [0.29, 0.717) is 11.8 Å². The van der Waals surface area contributed by atoms with Crippen molar-refractivity contribution in [1.29, 1.82) is 0 Å². The minimum absolute atomic E-state index is 0.0411. The molecule has 1 heterocycles. The van der Waals surface area contributed by atoms with E-state index in [9.17, 15) is 13.2 Å². The van der Waals surface area contributed by atoms with Crippen molar-refractivity contribution in [3.63, 3.8) is 0 Å². The maximum atomic E-state index is 12.2. The third-order valence-electron chi connectivity index (χ3n) is 5.20. The highest BCUT2D eigenvalue weighted by molar-refractivity contribution is 7.91. The van der Waals surface area contributed by atoms with Crippen molar-refractivity contribution in [1.82, 2.24) is 14.9 Å². The van der Waals surface area contributed by atoms with Crippen molar-refractivity contribution in [2.24, 2.45) is 24.8 Å². The number of imidazole rings is 1. The minimum atomic E-state index is -3.69. The van der Waals surface area contributed by atoms with Gasteiger partial charge in [-0.15, -0.1) is 0 Å². The monoisotopic (exact) mass is 325 g/mol. The molecule has 3 rings (SSSR count). The van der Waals surface area contributed by atoms with Crippen LogP contribution in [0, 0.1) is 17.8 Å². The summed E-state index contributed by atoms with van der Waals surface area (Å²) in [5.41, 5.74) is 0. The standard InChI is InChI=1S/C15H23N3O3S/c1-10(13-8-11-3-4-12(13)7-11)17-14(19)9-22(20,21)15-16-5-6-18(15)2/h5-6,10-13H,3-4,7-9H2,1-2H3,(H,17,19)/t10-,11-,12-,13+/m0/s1. The summed E-state index contributed by atoms with van der Waals surface area (Å²) in [7, 11) is -2.08. The fourth-order valence-corrected chi connectivity index (χ4v) is 5.48. The van der Waals surface area contributed by atoms with Crippen LogP contribution in [-0.2, 0) is 21.7 Å². The van der Waals surface area contributed by atoms with Gasteiger partial charge in [0.1, 0.15) is 5.75 Å². The Morgan fingerprint density at radius 1 is 1.45 bits per heavy atom. The maximum absolute atomic E-state index is 12.2. The van der Waals surface area contributed by atoms with Crippen LogP contribution in [0.5, 0.6) is 0 Å². The number of nitrogens with one attached hydrogen (secondary N) is 1. The lowest BCUT2D eigenvalue weighted by Crippen LogP contribution is -2.42. The molecule has 0 spiro atoms. The molecular weight excluding hydrogens is 302 g/mol. The number of hydrogen-bond acceptors (Lipinski definition) is 4. The van der Waals surface area contributed by atoms with E-state index in [-0.39, 0.29) is 11.2 Å². The molecule has 1 aromatic rings. The van der Waals surface area contributed by atoms with Gasteiger partial charge < -0.3 is 9.88 Å². The molecule has 1 N–H and O–H groups in total. The van der Waals surface area contributed by atoms with Crippen LogP contribution in [0.25, 0.3) is 0 Å². The topological polar surface area (TPSA) is 81.1 Å². The first kappa shape index (κ1) is 15.5. The normalized spacial score (nSPS) is 28.7. The first-order valence-electron chi connectivity index (χ1n) is 7.86. The largest absolute Gasteiger partial charge is 0.352 e. The summed E-state index contributed by atoms with van der Waals surface area (Å²) in [6, 6.07) is 0.0411. The van der Waals surface area contributed by atoms with Crippen LogP contribution in [-0.4, -0.2) is 35.7 Å². The quantitative estimate of drug-likeness (QED) is 0.880. The molecule has 0 unspecified atom stereocenters. The van der Waals surface area contributed by atoms with Gasteiger partial charge in [-0.1, -0.05) is 6.42 Å². The molecule has 2 bridgehead atoms. The van der Waals surface area contributed by atoms with Crippen LogP contribution in [0.4, 0.5) is 0 Å². The second kappa shape index (κ2) is 5.68. The molecule has 4 atom stereocenters. The highest BCUT2D eigenvalue weighted by Crippen LogP contribution is 2.49. The highest BCUT2D eigenvalue weighted by Gasteiger charge is 2.42. The van der Waals surface area contributed by atoms with Gasteiger partial charge in [0.05, 0.1) is 0 Å². The van der Waals surface area contributed by atoms with E-state index in [1.165, 1.54) is 30.0 Å². The lowest BCUT2D eigenvalue weighted by atomic mass is 9.84. The molecule has 2 fully saturated rings. The van der Waals surface area contributed by atoms with E-state index < -0.39 is 21.5 Å². The molecule has 1 amide bonds. The summed E-state index contributed by atoms with van der Waals surface area (Å²) in [6.07, 6.45) is 7.98. The number of hydrogen-bond donors (Lipinski definition) is 1. The van der Waals surface area contributed by atoms with Crippen LogP contribution in [0.1, 0.15) is 32.6 Å². The molecule has 0 aliphatic heterocycles. The molecule has 22 heavy (non-hydrogen) atoms. The number of nitrogens with zero attached hydrogens (tertiary/aromatic N) is 2. The van der Waals surface area contributed by atoms with Crippen molar-refractivity contribution in [2.75, 3.05) is 5.75 Å². The van der Waals surface area contributed by atoms with Gasteiger partial charge in [-0.25, -0.2) is 13.4 Å². The third kappa shape index (κ3) is 2.91. The average molecular weight is 325 g/mol. The van der Waals surface area contributed by atoms with Crippen molar-refractivity contribution < 1.29 is 13.2 Å². The fourth-order valence-electron chi connectivity index (χ4n) is 4.20. The minimum Gasteiger partial charge on any atom is -0.352 e. The Morgan fingerprint density at radius 3 is 2.77 bits per heavy atom. The molecule has 6 nitrogen and oxygen atoms in total. The number of aromatic nitrogens is 2. The summed E-state index contributed by atoms with van der Waals surface area (Å²) in [5.74, 6) is 1.04. The molecule has 7 heteroatoms. The smallest absolute Gasteiger partial charge is 0.235 e. The molecule has 0 radical (unpaired) electrons. The predicted molar refractivity (Wildman–Crippen MR) is 81.8 cm³/mol. The number of rotatable bonds is 5. The summed E-state index contributed by atoms with van der Waals surface area (Å²) < 4.78 is 25.8. The molecule has 2 aliphatic carbocycles. The summed E-state index contributed by atoms with van der Waals surface area (Å²) in [4.78, 5) is 15.9. The first-order valence-corrected chi connectivity index (χ1v) is 9.51. The van der Waals surface area contributed by atoms with Gasteiger partial charge in [0, 0.05) is 25.5 Å². The van der Waals surface area contributed by atoms with E-state index in [0.717, 1.165) is 12.3 Å². The van der Waals surface area contributed by atoms with E-state index in [4.69, 9.17) is 0 Å². The number of amides is 1. The van der Waals surface area contributed by atoms with Gasteiger partial charge >= 0.3 is 0 Å². The lowest BCUT2D eigenvalue weighted by molar-refractivity contribution is -0.119. The Hall–Kier alpha value is -1.37. The SMILES string of the molecule is C[C@H](NC(=O)CS(=O)(=O)c1nccn1C)[C@H]1C[C@H]2CC[C@H]1C2. The Kier molecular flexibility index (Phi) is 4.01. The van der Waals surface area contributed by atoms with Gasteiger partial charge in [-0.3, -0.25) is 4.79 Å². The van der Waals surface area contributed by atoms with Crippen molar-refractivity contribution >= 4 is 15.7 Å². The zero-order valence-corrected chi connectivity index (χ0v) is 13.8. The summed E-state index contributed by atoms with van der Waals surface area (Å²) >= 11 is 0. The number of aryl methyl sites for hydroxylation is 1. The van der Waals surface area contributed by atoms with Crippen LogP contribution in [0.15, 0.2) is 17.6 Å². The van der Waals surface area contributed by atoms with Gasteiger partial charge in [-0.2, -0.15) is 0 Å². The molecular formula is C15H23N3O3S. The van der Waals surface area contributed by atoms with Crippen molar-refractivity contribution in [2.45, 2.75) is 43.8 Å².